The highest BCUT2D eigenvalue weighted by molar-refractivity contribution is 7.26. The van der Waals surface area contributed by atoms with Crippen molar-refractivity contribution in [1.82, 2.24) is 18.3 Å². The van der Waals surface area contributed by atoms with E-state index in [1.54, 1.807) is 11.3 Å². The van der Waals surface area contributed by atoms with Crippen LogP contribution in [0.25, 0.3) is 174 Å². The SMILES string of the molecule is N#Cc1c(-n2c3ccccc3c3ccccc32)c(-n2c3ccccc3c3ccccc32)c(C#N)c(-n2c3cccc(-c4cccc5c6ccccc6c6ccccc6c45)c3c3ccc4c5ccccc5sc4c32)c1-n1c2ccccc2c2ccccc21. The smallest absolute Gasteiger partial charge is 0.104 e. The van der Waals surface area contributed by atoms with Gasteiger partial charge in [-0.15, -0.1) is 11.3 Å². The second-order valence-electron chi connectivity index (χ2n) is 22.8. The minimum absolute atomic E-state index is 0.416. The number of nitrogens with zero attached hydrogens (tertiary/aromatic N) is 6. The first-order valence-corrected chi connectivity index (χ1v) is 30.2. The topological polar surface area (TPSA) is 67.3 Å². The zero-order valence-electron chi connectivity index (χ0n) is 46.5. The first kappa shape index (κ1) is 47.7. The third kappa shape index (κ3) is 6.29. The van der Waals surface area contributed by atoms with E-state index in [0.717, 1.165) is 119 Å². The van der Waals surface area contributed by atoms with E-state index in [1.165, 1.54) is 32.3 Å². The number of nitriles is 2. The molecule has 5 heterocycles. The van der Waals surface area contributed by atoms with Gasteiger partial charge in [0.1, 0.15) is 23.3 Å². The Morgan fingerprint density at radius 3 is 0.989 bits per heavy atom. The van der Waals surface area contributed by atoms with Crippen LogP contribution in [0.15, 0.2) is 267 Å². The van der Waals surface area contributed by atoms with Gasteiger partial charge in [-0.1, -0.05) is 218 Å². The second kappa shape index (κ2) is 17.9. The van der Waals surface area contributed by atoms with Crippen molar-refractivity contribution < 1.29 is 0 Å². The lowest BCUT2D eigenvalue weighted by atomic mass is 9.88. The van der Waals surface area contributed by atoms with Crippen molar-refractivity contribution in [3.63, 3.8) is 0 Å². The molecule has 0 atom stereocenters. The van der Waals surface area contributed by atoms with Gasteiger partial charge in [0.25, 0.3) is 0 Å². The van der Waals surface area contributed by atoms with E-state index in [-0.39, 0.29) is 0 Å². The molecule has 6 nitrogen and oxygen atoms in total. The highest BCUT2D eigenvalue weighted by Gasteiger charge is 2.35. The normalized spacial score (nSPS) is 12.1. The van der Waals surface area contributed by atoms with Gasteiger partial charge in [-0.3, -0.25) is 0 Å². The van der Waals surface area contributed by atoms with Crippen molar-refractivity contribution in [2.75, 3.05) is 0 Å². The number of benzene rings is 14. The molecule has 0 saturated carbocycles. The van der Waals surface area contributed by atoms with E-state index in [1.807, 2.05) is 0 Å². The summed E-state index contributed by atoms with van der Waals surface area (Å²) in [6.07, 6.45) is 0. The molecule has 19 aromatic rings. The molecule has 0 unspecified atom stereocenters. The first-order valence-electron chi connectivity index (χ1n) is 29.4. The van der Waals surface area contributed by atoms with Crippen LogP contribution in [0.1, 0.15) is 11.1 Å². The fraction of sp³-hybridized carbons (Fsp3) is 0. The molecule has 0 saturated heterocycles. The van der Waals surface area contributed by atoms with Gasteiger partial charge in [0.05, 0.1) is 71.6 Å². The minimum atomic E-state index is 0.416. The van der Waals surface area contributed by atoms with Crippen LogP contribution in [0.3, 0.4) is 0 Å². The molecular formula is C80H44N6S. The van der Waals surface area contributed by atoms with Crippen LogP contribution in [-0.4, -0.2) is 18.3 Å². The number of hydrogen-bond donors (Lipinski definition) is 0. The Hall–Kier alpha value is -11.7. The van der Waals surface area contributed by atoms with Crippen LogP contribution < -0.4 is 0 Å². The molecule has 0 spiro atoms. The molecule has 19 rings (SSSR count). The molecule has 0 amide bonds. The van der Waals surface area contributed by atoms with Gasteiger partial charge in [-0.25, -0.2) is 0 Å². The molecule has 0 aliphatic carbocycles. The first-order chi connectivity index (χ1) is 43.2. The highest BCUT2D eigenvalue weighted by atomic mass is 32.1. The fourth-order valence-electron chi connectivity index (χ4n) is 15.2. The zero-order chi connectivity index (χ0) is 57.2. The third-order valence-electron chi connectivity index (χ3n) is 18.6. The molecule has 0 bridgehead atoms. The Kier molecular flexibility index (Phi) is 9.81. The number of fused-ring (bicyclic) bond motifs is 22. The highest BCUT2D eigenvalue weighted by Crippen LogP contribution is 2.53. The van der Waals surface area contributed by atoms with Gasteiger partial charge < -0.3 is 18.3 Å². The molecule has 400 valence electrons. The summed E-state index contributed by atoms with van der Waals surface area (Å²) in [5, 5.41) is 43.9. The summed E-state index contributed by atoms with van der Waals surface area (Å²) in [6.45, 7) is 0. The third-order valence-corrected chi connectivity index (χ3v) is 19.8. The summed E-state index contributed by atoms with van der Waals surface area (Å²) in [4.78, 5) is 0. The van der Waals surface area contributed by atoms with E-state index in [9.17, 15) is 10.5 Å². The Balaban J connectivity index is 1.10. The predicted octanol–water partition coefficient (Wildman–Crippen LogP) is 21.3. The van der Waals surface area contributed by atoms with Gasteiger partial charge in [-0.2, -0.15) is 10.5 Å². The second-order valence-corrected chi connectivity index (χ2v) is 23.8. The summed E-state index contributed by atoms with van der Waals surface area (Å²) < 4.78 is 11.5. The van der Waals surface area contributed by atoms with Crippen molar-refractivity contribution in [2.45, 2.75) is 0 Å². The molecule has 0 aliphatic heterocycles. The molecule has 7 heteroatoms. The van der Waals surface area contributed by atoms with Crippen molar-refractivity contribution in [3.8, 4) is 46.0 Å². The maximum Gasteiger partial charge on any atom is 0.104 e. The van der Waals surface area contributed by atoms with Crippen LogP contribution in [0.2, 0.25) is 0 Å². The standard InChI is InChI=1S/C80H44N6S/c81-45-63-75(83-65-35-12-5-24-50(65)51-25-6-13-36-66(51)83)76(84-67-37-14-7-26-52(67)53-27-8-15-38-68(53)84)64(46-82)78(77(63)85-69-39-16-9-28-54(69)55-29-10-17-40-70(55)85)86-71-41-20-34-60(74(71)62-44-43-61-56-30-11-18-42-72(56)87-80(61)79(62)86)59-33-19-32-58-49-22-2-1-21-47(49)48-23-3-4-31-57(48)73(58)59/h1-44H. The van der Waals surface area contributed by atoms with Gasteiger partial charge >= 0.3 is 0 Å². The Labute approximate surface area is 500 Å². The zero-order valence-corrected chi connectivity index (χ0v) is 47.3. The van der Waals surface area contributed by atoms with Crippen LogP contribution in [0.5, 0.6) is 0 Å². The van der Waals surface area contributed by atoms with Crippen LogP contribution in [0, 0.1) is 22.7 Å². The molecule has 5 aromatic heterocycles. The number of rotatable bonds is 5. The monoisotopic (exact) mass is 1120 g/mol. The lowest BCUT2D eigenvalue weighted by molar-refractivity contribution is 1.03. The van der Waals surface area contributed by atoms with E-state index in [4.69, 9.17) is 0 Å². The van der Waals surface area contributed by atoms with E-state index < -0.39 is 0 Å². The Morgan fingerprint density at radius 1 is 0.241 bits per heavy atom. The average Bonchev–Trinajstić information content (AvgIpc) is 1.71. The lowest BCUT2D eigenvalue weighted by Gasteiger charge is -2.27. The van der Waals surface area contributed by atoms with E-state index >= 15 is 0 Å². The van der Waals surface area contributed by atoms with Crippen molar-refractivity contribution in [3.05, 3.63) is 278 Å². The molecule has 0 radical (unpaired) electrons. The molecule has 0 N–H and O–H groups in total. The van der Waals surface area contributed by atoms with E-state index in [2.05, 4.69) is 297 Å². The van der Waals surface area contributed by atoms with Gasteiger partial charge in [0, 0.05) is 58.6 Å². The van der Waals surface area contributed by atoms with Gasteiger partial charge in [0.15, 0.2) is 0 Å². The fourth-order valence-corrected chi connectivity index (χ4v) is 16.5. The van der Waals surface area contributed by atoms with Crippen molar-refractivity contribution in [2.24, 2.45) is 0 Å². The number of thiophene rings is 1. The molecule has 0 fully saturated rings. The average molecular weight is 1120 g/mol. The largest absolute Gasteiger partial charge is 0.306 e. The Bertz CT molecular complexity index is 6160. The maximum absolute atomic E-state index is 13.1. The van der Waals surface area contributed by atoms with Crippen molar-refractivity contribution in [1.29, 1.82) is 10.5 Å². The quantitative estimate of drug-likeness (QED) is 0.161. The van der Waals surface area contributed by atoms with Crippen LogP contribution in [0.4, 0.5) is 0 Å². The summed E-state index contributed by atoms with van der Waals surface area (Å²) in [5.41, 5.74) is 12.9. The van der Waals surface area contributed by atoms with Gasteiger partial charge in [0.2, 0.25) is 0 Å². The minimum Gasteiger partial charge on any atom is -0.306 e. The number of para-hydroxylation sites is 6. The summed E-state index contributed by atoms with van der Waals surface area (Å²) in [7, 11) is 0. The molecule has 0 aliphatic rings. The van der Waals surface area contributed by atoms with Crippen LogP contribution >= 0.6 is 11.3 Å². The van der Waals surface area contributed by atoms with Crippen LogP contribution in [-0.2, 0) is 0 Å². The van der Waals surface area contributed by atoms with E-state index in [0.29, 0.717) is 33.9 Å². The molecule has 87 heavy (non-hydrogen) atoms. The maximum atomic E-state index is 13.1. The summed E-state index contributed by atoms with van der Waals surface area (Å²) in [6, 6.07) is 101. The summed E-state index contributed by atoms with van der Waals surface area (Å²) >= 11 is 1.78. The number of aromatic nitrogens is 4. The lowest BCUT2D eigenvalue weighted by Crippen LogP contribution is -2.16. The van der Waals surface area contributed by atoms with Gasteiger partial charge in [-0.05, 0) is 92.0 Å². The van der Waals surface area contributed by atoms with Crippen molar-refractivity contribution >= 4 is 151 Å². The number of hydrogen-bond acceptors (Lipinski definition) is 3. The molecule has 14 aromatic carbocycles. The Morgan fingerprint density at radius 2 is 0.552 bits per heavy atom. The summed E-state index contributed by atoms with van der Waals surface area (Å²) in [5.74, 6) is 0. The predicted molar refractivity (Wildman–Crippen MR) is 364 cm³/mol. The molecular weight excluding hydrogens is 1080 g/mol.